The van der Waals surface area contributed by atoms with Gasteiger partial charge in [0.25, 0.3) is 0 Å². The first-order valence-electron chi connectivity index (χ1n) is 10.4. The number of halogens is 1. The van der Waals surface area contributed by atoms with Crippen LogP contribution in [0.5, 0.6) is 11.5 Å². The van der Waals surface area contributed by atoms with Crippen molar-refractivity contribution in [3.8, 4) is 11.5 Å². The zero-order valence-corrected chi connectivity index (χ0v) is 21.6. The molecule has 11 heteroatoms. The van der Waals surface area contributed by atoms with Gasteiger partial charge in [-0.2, -0.15) is 0 Å². The lowest BCUT2D eigenvalue weighted by Crippen LogP contribution is -2.37. The van der Waals surface area contributed by atoms with Crippen LogP contribution >= 0.6 is 24.0 Å². The fraction of sp³-hybridized carbons (Fsp3) is 0.650. The number of benzene rings is 1. The second-order valence-corrected chi connectivity index (χ2v) is 8.77. The second-order valence-electron chi connectivity index (χ2n) is 6.84. The Labute approximate surface area is 202 Å². The summed E-state index contributed by atoms with van der Waals surface area (Å²) < 4.78 is 43.6. The minimum atomic E-state index is -3.42. The Bertz CT molecular complexity index is 786. The highest BCUT2D eigenvalue weighted by Crippen LogP contribution is 2.30. The fourth-order valence-corrected chi connectivity index (χ4v) is 3.92. The molecular formula is C20H35IN4O5S. The summed E-state index contributed by atoms with van der Waals surface area (Å²) in [5, 5.41) is 6.27. The lowest BCUT2D eigenvalue weighted by atomic mass is 10.1. The van der Waals surface area contributed by atoms with Crippen LogP contribution in [0.4, 0.5) is 5.69 Å². The van der Waals surface area contributed by atoms with Crippen LogP contribution in [0, 0.1) is 0 Å². The number of rotatable bonds is 11. The topological polar surface area (TPSA) is 110 Å². The summed E-state index contributed by atoms with van der Waals surface area (Å²) in [4.78, 5) is 4.37. The number of guanidine groups is 1. The fourth-order valence-electron chi connectivity index (χ4n) is 3.00. The van der Waals surface area contributed by atoms with Crippen molar-refractivity contribution in [2.24, 2.45) is 4.99 Å². The largest absolute Gasteiger partial charge is 0.493 e. The van der Waals surface area contributed by atoms with Crippen LogP contribution in [-0.2, 0) is 14.8 Å². The number of nitrogens with one attached hydrogen (secondary N) is 3. The van der Waals surface area contributed by atoms with Gasteiger partial charge in [0.1, 0.15) is 0 Å². The monoisotopic (exact) mass is 570 g/mol. The minimum absolute atomic E-state index is 0. The number of hydrogen-bond donors (Lipinski definition) is 3. The summed E-state index contributed by atoms with van der Waals surface area (Å²) in [6.45, 7) is 6.18. The summed E-state index contributed by atoms with van der Waals surface area (Å²) in [5.41, 5.74) is 0.755. The highest BCUT2D eigenvalue weighted by molar-refractivity contribution is 14.0. The average Bonchev–Trinajstić information content (AvgIpc) is 2.74. The van der Waals surface area contributed by atoms with Gasteiger partial charge in [0, 0.05) is 31.5 Å². The van der Waals surface area contributed by atoms with E-state index in [2.05, 4.69) is 20.3 Å². The number of nitrogens with zero attached hydrogens (tertiary/aromatic N) is 1. The molecule has 1 aromatic carbocycles. The third-order valence-corrected chi connectivity index (χ3v) is 5.83. The van der Waals surface area contributed by atoms with Crippen molar-refractivity contribution in [3.05, 3.63) is 18.2 Å². The van der Waals surface area contributed by atoms with Crippen LogP contribution in [0.3, 0.4) is 0 Å². The van der Waals surface area contributed by atoms with E-state index < -0.39 is 10.0 Å². The molecule has 1 aliphatic heterocycles. The second kappa shape index (κ2) is 14.7. The van der Waals surface area contributed by atoms with Gasteiger partial charge in [-0.1, -0.05) is 0 Å². The molecule has 1 saturated heterocycles. The third kappa shape index (κ3) is 10.2. The number of aliphatic imine (C=N–C) groups is 1. The molecule has 2 rings (SSSR count). The third-order valence-electron chi connectivity index (χ3n) is 4.51. The molecule has 0 amide bonds. The molecule has 1 aliphatic rings. The SMILES string of the molecule is CCNC(=NCCS(=O)(=O)NCC1CCCCO1)Nc1ccc(OCC)c(OC)c1.I. The van der Waals surface area contributed by atoms with Crippen molar-refractivity contribution in [3.63, 3.8) is 0 Å². The van der Waals surface area contributed by atoms with Gasteiger partial charge in [0.05, 0.1) is 32.1 Å². The molecule has 178 valence electrons. The Hall–Kier alpha value is -1.31. The van der Waals surface area contributed by atoms with Gasteiger partial charge in [0.15, 0.2) is 17.5 Å². The van der Waals surface area contributed by atoms with Crippen molar-refractivity contribution < 1.29 is 22.6 Å². The first-order chi connectivity index (χ1) is 14.5. The number of hydrogen-bond acceptors (Lipinski definition) is 6. The Morgan fingerprint density at radius 3 is 2.71 bits per heavy atom. The molecule has 3 N–H and O–H groups in total. The van der Waals surface area contributed by atoms with Crippen molar-refractivity contribution in [2.45, 2.75) is 39.2 Å². The first-order valence-corrected chi connectivity index (χ1v) is 12.1. The van der Waals surface area contributed by atoms with E-state index in [-0.39, 0.29) is 42.4 Å². The average molecular weight is 570 g/mol. The van der Waals surface area contributed by atoms with E-state index in [4.69, 9.17) is 14.2 Å². The van der Waals surface area contributed by atoms with Crippen molar-refractivity contribution in [1.29, 1.82) is 0 Å². The summed E-state index contributed by atoms with van der Waals surface area (Å²) in [7, 11) is -1.84. The van der Waals surface area contributed by atoms with Crippen LogP contribution in [0.1, 0.15) is 33.1 Å². The Kier molecular flexibility index (Phi) is 13.1. The van der Waals surface area contributed by atoms with E-state index >= 15 is 0 Å². The predicted molar refractivity (Wildman–Crippen MR) is 135 cm³/mol. The molecule has 0 saturated carbocycles. The molecule has 1 unspecified atom stereocenters. The van der Waals surface area contributed by atoms with Gasteiger partial charge < -0.3 is 24.8 Å². The summed E-state index contributed by atoms with van der Waals surface area (Å²) in [6.07, 6.45) is 2.97. The molecule has 1 fully saturated rings. The Morgan fingerprint density at radius 2 is 2.06 bits per heavy atom. The zero-order chi connectivity index (χ0) is 21.8. The molecular weight excluding hydrogens is 535 g/mol. The van der Waals surface area contributed by atoms with Gasteiger partial charge in [-0.15, -0.1) is 24.0 Å². The molecule has 1 heterocycles. The summed E-state index contributed by atoms with van der Waals surface area (Å²) in [5.74, 6) is 1.67. The predicted octanol–water partition coefficient (Wildman–Crippen LogP) is 2.58. The van der Waals surface area contributed by atoms with Crippen LogP contribution in [0.15, 0.2) is 23.2 Å². The summed E-state index contributed by atoms with van der Waals surface area (Å²) in [6, 6.07) is 5.47. The van der Waals surface area contributed by atoms with E-state index in [9.17, 15) is 8.42 Å². The number of sulfonamides is 1. The summed E-state index contributed by atoms with van der Waals surface area (Å²) >= 11 is 0. The standard InChI is InChI=1S/C20H34N4O5S.HI/c1-4-21-20(24-16-9-10-18(28-5-2)19(14-16)27-3)22-11-13-30(25,26)23-15-17-8-6-7-12-29-17;/h9-10,14,17,23H,4-8,11-13,15H2,1-3H3,(H2,21,22,24);1H. The maximum absolute atomic E-state index is 12.2. The molecule has 1 atom stereocenters. The Balaban J connectivity index is 0.00000480. The molecule has 31 heavy (non-hydrogen) atoms. The lowest BCUT2D eigenvalue weighted by molar-refractivity contribution is 0.0200. The van der Waals surface area contributed by atoms with Crippen LogP contribution < -0.4 is 24.8 Å². The molecule has 9 nitrogen and oxygen atoms in total. The maximum Gasteiger partial charge on any atom is 0.213 e. The quantitative estimate of drug-likeness (QED) is 0.213. The van der Waals surface area contributed by atoms with Gasteiger partial charge in [-0.05, 0) is 45.2 Å². The van der Waals surface area contributed by atoms with Crippen LogP contribution in [0.2, 0.25) is 0 Å². The van der Waals surface area contributed by atoms with E-state index in [1.807, 2.05) is 26.0 Å². The zero-order valence-electron chi connectivity index (χ0n) is 18.5. The van der Waals surface area contributed by atoms with E-state index in [0.29, 0.717) is 43.8 Å². The maximum atomic E-state index is 12.2. The first kappa shape index (κ1) is 27.7. The van der Waals surface area contributed by atoms with Crippen molar-refractivity contribution in [2.75, 3.05) is 51.0 Å². The molecule has 0 spiro atoms. The van der Waals surface area contributed by atoms with Crippen LogP contribution in [-0.4, -0.2) is 66.2 Å². The molecule has 1 aromatic rings. The van der Waals surface area contributed by atoms with E-state index in [0.717, 1.165) is 24.9 Å². The minimum Gasteiger partial charge on any atom is -0.493 e. The molecule has 0 aliphatic carbocycles. The highest BCUT2D eigenvalue weighted by atomic mass is 127. The molecule has 0 radical (unpaired) electrons. The van der Waals surface area contributed by atoms with E-state index in [1.165, 1.54) is 0 Å². The van der Waals surface area contributed by atoms with Crippen LogP contribution in [0.25, 0.3) is 0 Å². The normalized spacial score (nSPS) is 16.9. The van der Waals surface area contributed by atoms with Gasteiger partial charge in [-0.25, -0.2) is 13.1 Å². The van der Waals surface area contributed by atoms with Gasteiger partial charge >= 0.3 is 0 Å². The van der Waals surface area contributed by atoms with Gasteiger partial charge in [-0.3, -0.25) is 4.99 Å². The Morgan fingerprint density at radius 1 is 1.26 bits per heavy atom. The molecule has 0 bridgehead atoms. The van der Waals surface area contributed by atoms with Crippen molar-refractivity contribution >= 4 is 45.6 Å². The smallest absolute Gasteiger partial charge is 0.213 e. The van der Waals surface area contributed by atoms with Gasteiger partial charge in [0.2, 0.25) is 10.0 Å². The molecule has 0 aromatic heterocycles. The number of anilines is 1. The number of methoxy groups -OCH3 is 1. The van der Waals surface area contributed by atoms with E-state index in [1.54, 1.807) is 13.2 Å². The lowest BCUT2D eigenvalue weighted by Gasteiger charge is -2.22. The number of ether oxygens (including phenoxy) is 3. The van der Waals surface area contributed by atoms with Crippen molar-refractivity contribution in [1.82, 2.24) is 10.0 Å². The highest BCUT2D eigenvalue weighted by Gasteiger charge is 2.17.